The van der Waals surface area contributed by atoms with Crippen LogP contribution in [-0.2, 0) is 9.53 Å². The molecular formula is C18H26N2O6. The van der Waals surface area contributed by atoms with Crippen molar-refractivity contribution in [1.29, 1.82) is 0 Å². The van der Waals surface area contributed by atoms with Gasteiger partial charge < -0.3 is 29.6 Å². The first-order valence-corrected chi connectivity index (χ1v) is 8.55. The molecular weight excluding hydrogens is 340 g/mol. The maximum Gasteiger partial charge on any atom is 0.251 e. The molecule has 144 valence electrons. The van der Waals surface area contributed by atoms with E-state index < -0.39 is 5.91 Å². The zero-order valence-corrected chi connectivity index (χ0v) is 15.4. The average Bonchev–Trinajstić information content (AvgIpc) is 3.18. The molecule has 2 N–H and O–H groups in total. The molecule has 0 aliphatic carbocycles. The number of hydrogen-bond acceptors (Lipinski definition) is 6. The summed E-state index contributed by atoms with van der Waals surface area (Å²) >= 11 is 0. The molecule has 0 spiro atoms. The topological polar surface area (TPSA) is 95.1 Å². The van der Waals surface area contributed by atoms with Crippen molar-refractivity contribution < 1.29 is 28.5 Å². The van der Waals surface area contributed by atoms with Crippen molar-refractivity contribution in [2.24, 2.45) is 0 Å². The molecule has 2 amide bonds. The largest absolute Gasteiger partial charge is 0.493 e. The van der Waals surface area contributed by atoms with Crippen molar-refractivity contribution in [2.45, 2.75) is 25.4 Å². The number of hydrogen-bond donors (Lipinski definition) is 2. The summed E-state index contributed by atoms with van der Waals surface area (Å²) in [5.41, 5.74) is 0.312. The number of benzene rings is 1. The fraction of sp³-hybridized carbons (Fsp3) is 0.556. The fourth-order valence-electron chi connectivity index (χ4n) is 2.78. The van der Waals surface area contributed by atoms with E-state index in [0.717, 1.165) is 25.9 Å². The Morgan fingerprint density at radius 1 is 1.12 bits per heavy atom. The molecule has 1 aromatic rings. The molecule has 1 aromatic carbocycles. The van der Waals surface area contributed by atoms with E-state index in [2.05, 4.69) is 10.6 Å². The lowest BCUT2D eigenvalue weighted by Crippen LogP contribution is -2.37. The molecule has 1 aliphatic heterocycles. The van der Waals surface area contributed by atoms with Gasteiger partial charge in [0.05, 0.1) is 34.0 Å². The molecule has 8 heteroatoms. The van der Waals surface area contributed by atoms with Gasteiger partial charge in [0.15, 0.2) is 11.5 Å². The summed E-state index contributed by atoms with van der Waals surface area (Å²) in [5.74, 6) is 0.497. The van der Waals surface area contributed by atoms with Gasteiger partial charge in [-0.1, -0.05) is 0 Å². The minimum absolute atomic E-state index is 0.110. The number of carbonyl (C=O) groups is 2. The van der Waals surface area contributed by atoms with E-state index in [1.54, 1.807) is 0 Å². The molecule has 1 heterocycles. The van der Waals surface area contributed by atoms with Crippen molar-refractivity contribution in [2.75, 3.05) is 41.0 Å². The van der Waals surface area contributed by atoms with Crippen LogP contribution in [0.25, 0.3) is 0 Å². The SMILES string of the molecule is COc1cc(C(=O)NCC(=O)NCCC2CCCO2)cc(OC)c1OC. The Kier molecular flexibility index (Phi) is 7.53. The van der Waals surface area contributed by atoms with Crippen molar-refractivity contribution >= 4 is 11.8 Å². The zero-order chi connectivity index (χ0) is 18.9. The molecule has 1 saturated heterocycles. The van der Waals surface area contributed by atoms with Crippen LogP contribution in [0.4, 0.5) is 0 Å². The lowest BCUT2D eigenvalue weighted by atomic mass is 10.1. The highest BCUT2D eigenvalue weighted by Gasteiger charge is 2.18. The van der Waals surface area contributed by atoms with Gasteiger partial charge >= 0.3 is 0 Å². The van der Waals surface area contributed by atoms with E-state index in [4.69, 9.17) is 18.9 Å². The van der Waals surface area contributed by atoms with Crippen LogP contribution < -0.4 is 24.8 Å². The van der Waals surface area contributed by atoms with Gasteiger partial charge in [-0.3, -0.25) is 9.59 Å². The van der Waals surface area contributed by atoms with Crippen molar-refractivity contribution in [3.8, 4) is 17.2 Å². The second kappa shape index (κ2) is 9.86. The second-order valence-electron chi connectivity index (χ2n) is 5.87. The van der Waals surface area contributed by atoms with Crippen LogP contribution in [0.2, 0.25) is 0 Å². The molecule has 2 rings (SSSR count). The van der Waals surface area contributed by atoms with Crippen molar-refractivity contribution in [3.05, 3.63) is 17.7 Å². The molecule has 1 aliphatic rings. The van der Waals surface area contributed by atoms with Crippen molar-refractivity contribution in [1.82, 2.24) is 10.6 Å². The summed E-state index contributed by atoms with van der Waals surface area (Å²) in [4.78, 5) is 24.2. The molecule has 1 atom stereocenters. The first kappa shape index (κ1) is 19.8. The van der Waals surface area contributed by atoms with E-state index in [1.807, 2.05) is 0 Å². The zero-order valence-electron chi connectivity index (χ0n) is 15.4. The van der Waals surface area contributed by atoms with Gasteiger partial charge in [0.2, 0.25) is 11.7 Å². The number of carbonyl (C=O) groups excluding carboxylic acids is 2. The Bertz CT molecular complexity index is 603. The Morgan fingerprint density at radius 3 is 2.35 bits per heavy atom. The van der Waals surface area contributed by atoms with Crippen LogP contribution in [0.1, 0.15) is 29.6 Å². The molecule has 0 aromatic heterocycles. The minimum Gasteiger partial charge on any atom is -0.493 e. The third-order valence-corrected chi connectivity index (χ3v) is 4.15. The summed E-state index contributed by atoms with van der Waals surface area (Å²) in [5, 5.41) is 5.36. The minimum atomic E-state index is -0.404. The molecule has 0 saturated carbocycles. The summed E-state index contributed by atoms with van der Waals surface area (Å²) in [6.07, 6.45) is 3.12. The number of amides is 2. The van der Waals surface area contributed by atoms with Gasteiger partial charge in [-0.2, -0.15) is 0 Å². The number of ether oxygens (including phenoxy) is 4. The van der Waals surface area contributed by atoms with Crippen LogP contribution >= 0.6 is 0 Å². The predicted molar refractivity (Wildman–Crippen MR) is 95.0 cm³/mol. The highest BCUT2D eigenvalue weighted by molar-refractivity contribution is 5.97. The normalized spacial score (nSPS) is 16.0. The van der Waals surface area contributed by atoms with E-state index in [9.17, 15) is 9.59 Å². The summed E-state index contributed by atoms with van der Waals surface area (Å²) in [6, 6.07) is 3.07. The van der Waals surface area contributed by atoms with Gasteiger partial charge in [0, 0.05) is 18.7 Å². The molecule has 1 fully saturated rings. The van der Waals surface area contributed by atoms with E-state index >= 15 is 0 Å². The van der Waals surface area contributed by atoms with Crippen LogP contribution in [0, 0.1) is 0 Å². The van der Waals surface area contributed by atoms with Crippen molar-refractivity contribution in [3.63, 3.8) is 0 Å². The number of rotatable bonds is 9. The number of methoxy groups -OCH3 is 3. The Morgan fingerprint density at radius 2 is 1.81 bits per heavy atom. The number of nitrogens with one attached hydrogen (secondary N) is 2. The molecule has 8 nitrogen and oxygen atoms in total. The molecule has 26 heavy (non-hydrogen) atoms. The smallest absolute Gasteiger partial charge is 0.251 e. The molecule has 0 bridgehead atoms. The standard InChI is InChI=1S/C18H26N2O6/c1-23-14-9-12(10-15(24-2)17(14)25-3)18(22)20-11-16(21)19-7-6-13-5-4-8-26-13/h9-10,13H,4-8,11H2,1-3H3,(H,19,21)(H,20,22). The fourth-order valence-corrected chi connectivity index (χ4v) is 2.78. The maximum atomic E-state index is 12.3. The lowest BCUT2D eigenvalue weighted by Gasteiger charge is -2.14. The first-order valence-electron chi connectivity index (χ1n) is 8.55. The third kappa shape index (κ3) is 5.26. The second-order valence-corrected chi connectivity index (χ2v) is 5.87. The van der Waals surface area contributed by atoms with Gasteiger partial charge in [-0.25, -0.2) is 0 Å². The highest BCUT2D eigenvalue weighted by Crippen LogP contribution is 2.38. The highest BCUT2D eigenvalue weighted by atomic mass is 16.5. The Hall–Kier alpha value is -2.48. The van der Waals surface area contributed by atoms with Gasteiger partial charge in [0.1, 0.15) is 0 Å². The summed E-state index contributed by atoms with van der Waals surface area (Å²) < 4.78 is 21.2. The van der Waals surface area contributed by atoms with E-state index in [1.165, 1.54) is 33.5 Å². The van der Waals surface area contributed by atoms with Crippen LogP contribution in [-0.4, -0.2) is 58.9 Å². The quantitative estimate of drug-likeness (QED) is 0.680. The van der Waals surface area contributed by atoms with E-state index in [0.29, 0.717) is 29.4 Å². The predicted octanol–water partition coefficient (Wildman–Crippen LogP) is 1.13. The Balaban J connectivity index is 1.85. The third-order valence-electron chi connectivity index (χ3n) is 4.15. The average molecular weight is 366 g/mol. The summed E-state index contributed by atoms with van der Waals surface area (Å²) in [7, 11) is 4.43. The van der Waals surface area contributed by atoms with Crippen LogP contribution in [0.3, 0.4) is 0 Å². The van der Waals surface area contributed by atoms with Gasteiger partial charge in [-0.05, 0) is 31.4 Å². The van der Waals surface area contributed by atoms with Crippen LogP contribution in [0.15, 0.2) is 12.1 Å². The summed E-state index contributed by atoms with van der Waals surface area (Å²) in [6.45, 7) is 1.22. The maximum absolute atomic E-state index is 12.3. The van der Waals surface area contributed by atoms with Gasteiger partial charge in [0.25, 0.3) is 5.91 Å². The Labute approximate surface area is 153 Å². The van der Waals surface area contributed by atoms with Gasteiger partial charge in [-0.15, -0.1) is 0 Å². The van der Waals surface area contributed by atoms with E-state index in [-0.39, 0.29) is 18.6 Å². The molecule has 0 radical (unpaired) electrons. The lowest BCUT2D eigenvalue weighted by molar-refractivity contribution is -0.120. The monoisotopic (exact) mass is 366 g/mol. The molecule has 1 unspecified atom stereocenters. The first-order chi connectivity index (χ1) is 12.6. The van der Waals surface area contributed by atoms with Crippen LogP contribution in [0.5, 0.6) is 17.2 Å².